The van der Waals surface area contributed by atoms with Gasteiger partial charge in [-0.25, -0.2) is 4.79 Å². The summed E-state index contributed by atoms with van der Waals surface area (Å²) in [7, 11) is 1.79. The first kappa shape index (κ1) is 18.6. The summed E-state index contributed by atoms with van der Waals surface area (Å²) in [4.78, 5) is 30.9. The highest BCUT2D eigenvalue weighted by atomic mass is 35.5. The molecule has 0 radical (unpaired) electrons. The number of aryl methyl sites for hydroxylation is 1. The Labute approximate surface area is 158 Å². The lowest BCUT2D eigenvalue weighted by Crippen LogP contribution is -2.52. The number of aromatic nitrogens is 1. The Hall–Kier alpha value is -2.21. The number of fused-ring (bicyclic) bond motifs is 1. The largest absolute Gasteiger partial charge is 0.357 e. The maximum Gasteiger partial charge on any atom is 0.317 e. The third-order valence-corrected chi connectivity index (χ3v) is 5.50. The minimum Gasteiger partial charge on any atom is -0.357 e. The average molecular weight is 377 g/mol. The summed E-state index contributed by atoms with van der Waals surface area (Å²) in [6.07, 6.45) is 1.84. The van der Waals surface area contributed by atoms with E-state index in [1.165, 1.54) is 0 Å². The minimum atomic E-state index is -0.131. The van der Waals surface area contributed by atoms with Crippen LogP contribution >= 0.6 is 11.6 Å². The normalized spacial score (nSPS) is 17.4. The lowest BCUT2D eigenvalue weighted by molar-refractivity contribution is -0.130. The maximum atomic E-state index is 12.5. The highest BCUT2D eigenvalue weighted by Gasteiger charge is 2.27. The van der Waals surface area contributed by atoms with E-state index in [2.05, 4.69) is 10.3 Å². The molecule has 1 aliphatic heterocycles. The second kappa shape index (κ2) is 7.58. The number of carbonyl (C=O) groups is 2. The molecule has 2 heterocycles. The molecule has 0 aliphatic carbocycles. The molecule has 0 saturated carbocycles. The number of amides is 3. The Kier molecular flexibility index (Phi) is 5.41. The minimum absolute atomic E-state index is 0.0526. The lowest BCUT2D eigenvalue weighted by Gasteiger charge is -2.37. The summed E-state index contributed by atoms with van der Waals surface area (Å²) < 4.78 is 0. The van der Waals surface area contributed by atoms with Gasteiger partial charge < -0.3 is 20.1 Å². The molecule has 1 aromatic carbocycles. The number of likely N-dealkylation sites (tertiary alicyclic amines) is 1. The first-order chi connectivity index (χ1) is 12.3. The molecule has 6 nitrogen and oxygen atoms in total. The molecule has 0 spiro atoms. The number of aromatic amines is 1. The number of halogens is 1. The summed E-state index contributed by atoms with van der Waals surface area (Å²) in [5.41, 5.74) is 2.92. The number of likely N-dealkylation sites (N-methyl/N-ethyl adjacent to an activating group) is 1. The smallest absolute Gasteiger partial charge is 0.317 e. The number of urea groups is 1. The Bertz CT molecular complexity index is 793. The molecule has 1 saturated heterocycles. The van der Waals surface area contributed by atoms with Crippen LogP contribution in [0.5, 0.6) is 0 Å². The quantitative estimate of drug-likeness (QED) is 0.863. The monoisotopic (exact) mass is 376 g/mol. The van der Waals surface area contributed by atoms with Crippen LogP contribution in [-0.2, 0) is 11.3 Å². The second-order valence-corrected chi connectivity index (χ2v) is 7.42. The topological polar surface area (TPSA) is 68.4 Å². The van der Waals surface area contributed by atoms with Gasteiger partial charge in [0.15, 0.2) is 0 Å². The SMILES string of the molecule is CC(=O)N1CCC[C@@H](N(C)C(=O)NCc2cc3cc(C)c(Cl)cc3[nH]2)C1. The van der Waals surface area contributed by atoms with Crippen molar-refractivity contribution in [2.75, 3.05) is 20.1 Å². The van der Waals surface area contributed by atoms with Crippen LogP contribution in [-0.4, -0.2) is 52.9 Å². The van der Waals surface area contributed by atoms with Gasteiger partial charge in [-0.05, 0) is 43.5 Å². The van der Waals surface area contributed by atoms with E-state index in [4.69, 9.17) is 11.6 Å². The number of rotatable bonds is 3. The molecular weight excluding hydrogens is 352 g/mol. The van der Waals surface area contributed by atoms with Gasteiger partial charge in [0, 0.05) is 48.7 Å². The van der Waals surface area contributed by atoms with Crippen LogP contribution in [0.1, 0.15) is 31.0 Å². The van der Waals surface area contributed by atoms with Crippen LogP contribution in [0.15, 0.2) is 18.2 Å². The Morgan fingerprint density at radius 3 is 2.88 bits per heavy atom. The third-order valence-electron chi connectivity index (χ3n) is 5.10. The first-order valence-corrected chi connectivity index (χ1v) is 9.27. The van der Waals surface area contributed by atoms with Crippen molar-refractivity contribution in [3.05, 3.63) is 34.5 Å². The van der Waals surface area contributed by atoms with E-state index in [-0.39, 0.29) is 18.0 Å². The van der Waals surface area contributed by atoms with E-state index in [9.17, 15) is 9.59 Å². The Balaban J connectivity index is 1.60. The number of piperidine rings is 1. The zero-order valence-electron chi connectivity index (χ0n) is 15.4. The van der Waals surface area contributed by atoms with Gasteiger partial charge in [0.25, 0.3) is 0 Å². The van der Waals surface area contributed by atoms with E-state index < -0.39 is 0 Å². The van der Waals surface area contributed by atoms with E-state index in [0.29, 0.717) is 13.1 Å². The molecule has 1 fully saturated rings. The Morgan fingerprint density at radius 2 is 2.15 bits per heavy atom. The van der Waals surface area contributed by atoms with Crippen molar-refractivity contribution in [2.24, 2.45) is 0 Å². The van der Waals surface area contributed by atoms with Crippen LogP contribution in [0.25, 0.3) is 10.9 Å². The molecule has 0 unspecified atom stereocenters. The number of hydrogen-bond acceptors (Lipinski definition) is 2. The standard InChI is InChI=1S/C19H25ClN4O2/c1-12-7-14-8-15(22-18(14)9-17(12)20)10-21-19(26)23(3)16-5-4-6-24(11-16)13(2)25/h7-9,16,22H,4-6,10-11H2,1-3H3,(H,21,26)/t16-/m1/s1. The van der Waals surface area contributed by atoms with E-state index in [1.807, 2.05) is 30.0 Å². The maximum absolute atomic E-state index is 12.5. The fraction of sp³-hybridized carbons (Fsp3) is 0.474. The van der Waals surface area contributed by atoms with Gasteiger partial charge in [0.1, 0.15) is 0 Å². The lowest BCUT2D eigenvalue weighted by atomic mass is 10.0. The molecule has 1 aliphatic rings. The average Bonchev–Trinajstić information content (AvgIpc) is 3.01. The van der Waals surface area contributed by atoms with E-state index >= 15 is 0 Å². The zero-order valence-corrected chi connectivity index (χ0v) is 16.2. The van der Waals surface area contributed by atoms with Crippen molar-refractivity contribution in [3.63, 3.8) is 0 Å². The summed E-state index contributed by atoms with van der Waals surface area (Å²) >= 11 is 6.16. The first-order valence-electron chi connectivity index (χ1n) is 8.89. The number of carbonyl (C=O) groups excluding carboxylic acids is 2. The molecule has 0 bridgehead atoms. The van der Waals surface area contributed by atoms with Crippen molar-refractivity contribution >= 4 is 34.4 Å². The highest BCUT2D eigenvalue weighted by molar-refractivity contribution is 6.32. The second-order valence-electron chi connectivity index (χ2n) is 7.01. The molecule has 2 N–H and O–H groups in total. The molecule has 7 heteroatoms. The van der Waals surface area contributed by atoms with E-state index in [1.54, 1.807) is 18.9 Å². The van der Waals surface area contributed by atoms with Crippen molar-refractivity contribution in [2.45, 2.75) is 39.3 Å². The molecule has 26 heavy (non-hydrogen) atoms. The number of nitrogens with one attached hydrogen (secondary N) is 2. The highest BCUT2D eigenvalue weighted by Crippen LogP contribution is 2.24. The number of nitrogens with zero attached hydrogens (tertiary/aromatic N) is 2. The number of hydrogen-bond donors (Lipinski definition) is 2. The van der Waals surface area contributed by atoms with Crippen LogP contribution in [0.2, 0.25) is 5.02 Å². The molecule has 1 atom stereocenters. The molecule has 140 valence electrons. The summed E-state index contributed by atoms with van der Waals surface area (Å²) in [5.74, 6) is 0.0653. The molecular formula is C19H25ClN4O2. The van der Waals surface area contributed by atoms with Crippen molar-refractivity contribution in [1.29, 1.82) is 0 Å². The van der Waals surface area contributed by atoms with Gasteiger partial charge in [-0.3, -0.25) is 4.79 Å². The predicted octanol–water partition coefficient (Wildman–Crippen LogP) is 3.28. The van der Waals surface area contributed by atoms with Crippen molar-refractivity contribution < 1.29 is 9.59 Å². The molecule has 3 rings (SSSR count). The fourth-order valence-electron chi connectivity index (χ4n) is 3.44. The van der Waals surface area contributed by atoms with Crippen LogP contribution in [0.4, 0.5) is 4.79 Å². The van der Waals surface area contributed by atoms with Crippen LogP contribution in [0.3, 0.4) is 0 Å². The van der Waals surface area contributed by atoms with Gasteiger partial charge >= 0.3 is 6.03 Å². The van der Waals surface area contributed by atoms with Gasteiger partial charge in [-0.15, -0.1) is 0 Å². The van der Waals surface area contributed by atoms with Gasteiger partial charge in [-0.2, -0.15) is 0 Å². The summed E-state index contributed by atoms with van der Waals surface area (Å²) in [6, 6.07) is 5.88. The predicted molar refractivity (Wildman–Crippen MR) is 103 cm³/mol. The summed E-state index contributed by atoms with van der Waals surface area (Å²) in [5, 5.41) is 4.75. The zero-order chi connectivity index (χ0) is 18.8. The Morgan fingerprint density at radius 1 is 1.38 bits per heavy atom. The molecule has 2 aromatic rings. The third kappa shape index (κ3) is 3.96. The number of H-pyrrole nitrogens is 1. The van der Waals surface area contributed by atoms with Gasteiger partial charge in [-0.1, -0.05) is 11.6 Å². The van der Waals surface area contributed by atoms with Crippen molar-refractivity contribution in [1.82, 2.24) is 20.1 Å². The number of benzene rings is 1. The van der Waals surface area contributed by atoms with E-state index in [0.717, 1.165) is 46.6 Å². The van der Waals surface area contributed by atoms with Crippen LogP contribution in [0, 0.1) is 6.92 Å². The van der Waals surface area contributed by atoms with Gasteiger partial charge in [0.2, 0.25) is 5.91 Å². The van der Waals surface area contributed by atoms with Crippen LogP contribution < -0.4 is 5.32 Å². The fourth-order valence-corrected chi connectivity index (χ4v) is 3.61. The molecule has 3 amide bonds. The van der Waals surface area contributed by atoms with Gasteiger partial charge in [0.05, 0.1) is 12.6 Å². The summed E-state index contributed by atoms with van der Waals surface area (Å²) in [6.45, 7) is 5.34. The van der Waals surface area contributed by atoms with Crippen molar-refractivity contribution in [3.8, 4) is 0 Å². The molecule has 1 aromatic heterocycles.